The van der Waals surface area contributed by atoms with Crippen LogP contribution in [-0.2, 0) is 4.79 Å². The summed E-state index contributed by atoms with van der Waals surface area (Å²) in [5, 5.41) is 9.83. The number of likely N-dealkylation sites (tertiary alicyclic amines) is 1. The van der Waals surface area contributed by atoms with E-state index in [4.69, 9.17) is 9.72 Å². The lowest BCUT2D eigenvalue weighted by molar-refractivity contribution is -0.139. The highest BCUT2D eigenvalue weighted by Crippen LogP contribution is 2.43. The summed E-state index contributed by atoms with van der Waals surface area (Å²) in [6.07, 6.45) is 9.87. The minimum absolute atomic E-state index is 0.189. The van der Waals surface area contributed by atoms with Crippen molar-refractivity contribution in [3.05, 3.63) is 36.7 Å². The lowest BCUT2D eigenvalue weighted by atomic mass is 9.78. The summed E-state index contributed by atoms with van der Waals surface area (Å²) in [6.45, 7) is 2.53. The standard InChI is InChI=1S/C25H32N4O3/c1-32-23-10-4-19(16-27-23)18-3-9-22(26-15-18)28-13-2-11-25(17-28)12-14-29(24(25)31)20-5-7-21(30)8-6-20/h3-4,9-10,15-16,20-21,30H,2,5-8,11-14,17H2,1H3/t20-,21-,25?. The molecule has 1 saturated carbocycles. The third-order valence-electron chi connectivity index (χ3n) is 7.58. The topological polar surface area (TPSA) is 78.8 Å². The average molecular weight is 437 g/mol. The second kappa shape index (κ2) is 8.70. The van der Waals surface area contributed by atoms with E-state index in [0.717, 1.165) is 81.5 Å². The number of carbonyl (C=O) groups excluding carboxylic acids is 1. The molecule has 0 bridgehead atoms. The number of ether oxygens (including phenoxy) is 1. The minimum atomic E-state index is -0.283. The Labute approximate surface area is 189 Å². The molecule has 1 N–H and O–H groups in total. The number of aromatic nitrogens is 2. The van der Waals surface area contributed by atoms with Gasteiger partial charge in [0.2, 0.25) is 11.8 Å². The van der Waals surface area contributed by atoms with Crippen LogP contribution in [0, 0.1) is 5.41 Å². The highest BCUT2D eigenvalue weighted by atomic mass is 16.5. The van der Waals surface area contributed by atoms with Gasteiger partial charge in [-0.2, -0.15) is 0 Å². The number of carbonyl (C=O) groups is 1. The van der Waals surface area contributed by atoms with Crippen molar-refractivity contribution in [1.82, 2.24) is 14.9 Å². The van der Waals surface area contributed by atoms with E-state index in [1.54, 1.807) is 13.3 Å². The fraction of sp³-hybridized carbons (Fsp3) is 0.560. The lowest BCUT2D eigenvalue weighted by Crippen LogP contribution is -2.50. The highest BCUT2D eigenvalue weighted by Gasteiger charge is 2.50. The molecule has 7 heteroatoms. The number of aliphatic hydroxyl groups excluding tert-OH is 1. The Hall–Kier alpha value is -2.67. The van der Waals surface area contributed by atoms with Crippen LogP contribution in [0.2, 0.25) is 0 Å². The quantitative estimate of drug-likeness (QED) is 0.793. The van der Waals surface area contributed by atoms with Gasteiger partial charge in [-0.05, 0) is 63.1 Å². The van der Waals surface area contributed by atoms with Crippen LogP contribution >= 0.6 is 0 Å². The van der Waals surface area contributed by atoms with Crippen LogP contribution in [0.3, 0.4) is 0 Å². The molecule has 170 valence electrons. The molecule has 4 heterocycles. The number of methoxy groups -OCH3 is 1. The molecule has 2 aromatic heterocycles. The van der Waals surface area contributed by atoms with Gasteiger partial charge in [-0.15, -0.1) is 0 Å². The minimum Gasteiger partial charge on any atom is -0.481 e. The number of hydrogen-bond acceptors (Lipinski definition) is 6. The molecule has 1 aliphatic carbocycles. The van der Waals surface area contributed by atoms with Crippen LogP contribution in [-0.4, -0.2) is 64.8 Å². The van der Waals surface area contributed by atoms with Gasteiger partial charge < -0.3 is 19.6 Å². The van der Waals surface area contributed by atoms with Crippen molar-refractivity contribution in [2.24, 2.45) is 5.41 Å². The first-order valence-corrected chi connectivity index (χ1v) is 11.8. The van der Waals surface area contributed by atoms with Gasteiger partial charge in [0.1, 0.15) is 5.82 Å². The van der Waals surface area contributed by atoms with Gasteiger partial charge in [-0.1, -0.05) is 0 Å². The van der Waals surface area contributed by atoms with Crippen molar-refractivity contribution in [1.29, 1.82) is 0 Å². The molecular weight excluding hydrogens is 404 g/mol. The molecule has 2 aromatic rings. The summed E-state index contributed by atoms with van der Waals surface area (Å²) in [4.78, 5) is 26.9. The third kappa shape index (κ3) is 3.94. The van der Waals surface area contributed by atoms with Crippen LogP contribution < -0.4 is 9.64 Å². The number of hydrogen-bond donors (Lipinski definition) is 1. The monoisotopic (exact) mass is 436 g/mol. The van der Waals surface area contributed by atoms with Gasteiger partial charge in [0.25, 0.3) is 0 Å². The Kier molecular flexibility index (Phi) is 5.76. The van der Waals surface area contributed by atoms with E-state index in [-0.39, 0.29) is 11.5 Å². The van der Waals surface area contributed by atoms with Gasteiger partial charge in [0, 0.05) is 55.3 Å². The second-order valence-electron chi connectivity index (χ2n) is 9.51. The Bertz CT molecular complexity index is 941. The molecule has 32 heavy (non-hydrogen) atoms. The smallest absolute Gasteiger partial charge is 0.230 e. The Balaban J connectivity index is 1.28. The molecule has 3 fully saturated rings. The fourth-order valence-electron chi connectivity index (χ4n) is 5.69. The van der Waals surface area contributed by atoms with Crippen molar-refractivity contribution < 1.29 is 14.6 Å². The molecule has 1 unspecified atom stereocenters. The van der Waals surface area contributed by atoms with Crippen LogP contribution in [0.4, 0.5) is 5.82 Å². The van der Waals surface area contributed by atoms with Gasteiger partial charge >= 0.3 is 0 Å². The van der Waals surface area contributed by atoms with Crippen molar-refractivity contribution in [2.75, 3.05) is 31.6 Å². The normalized spacial score (nSPS) is 28.4. The zero-order valence-electron chi connectivity index (χ0n) is 18.7. The molecular formula is C25H32N4O3. The molecule has 0 radical (unpaired) electrons. The van der Waals surface area contributed by atoms with Gasteiger partial charge in [0.05, 0.1) is 18.6 Å². The molecule has 2 aliphatic heterocycles. The molecule has 7 nitrogen and oxygen atoms in total. The molecule has 0 aromatic carbocycles. The zero-order valence-corrected chi connectivity index (χ0v) is 18.7. The van der Waals surface area contributed by atoms with E-state index in [0.29, 0.717) is 17.8 Å². The van der Waals surface area contributed by atoms with Crippen molar-refractivity contribution >= 4 is 11.7 Å². The highest BCUT2D eigenvalue weighted by molar-refractivity contribution is 5.86. The van der Waals surface area contributed by atoms with Crippen molar-refractivity contribution in [3.8, 4) is 17.0 Å². The van der Waals surface area contributed by atoms with Gasteiger partial charge in [0.15, 0.2) is 0 Å². The zero-order chi connectivity index (χ0) is 22.1. The maximum atomic E-state index is 13.5. The molecule has 1 amide bonds. The summed E-state index contributed by atoms with van der Waals surface area (Å²) in [5.41, 5.74) is 1.73. The van der Waals surface area contributed by atoms with Crippen LogP contribution in [0.15, 0.2) is 36.7 Å². The van der Waals surface area contributed by atoms with Crippen molar-refractivity contribution in [2.45, 2.75) is 57.1 Å². The van der Waals surface area contributed by atoms with E-state index >= 15 is 0 Å². The number of pyridine rings is 2. The van der Waals surface area contributed by atoms with E-state index in [1.807, 2.05) is 18.3 Å². The van der Waals surface area contributed by atoms with Gasteiger partial charge in [-0.25, -0.2) is 9.97 Å². The average Bonchev–Trinajstić information content (AvgIpc) is 3.15. The summed E-state index contributed by atoms with van der Waals surface area (Å²) >= 11 is 0. The van der Waals surface area contributed by atoms with E-state index in [2.05, 4.69) is 26.9 Å². The van der Waals surface area contributed by atoms with E-state index < -0.39 is 0 Å². The SMILES string of the molecule is COc1ccc(-c2ccc(N3CCCC4(CCN([C@H]5CC[C@H](O)CC5)C4=O)C3)nc2)cn1. The van der Waals surface area contributed by atoms with Gasteiger partial charge in [-0.3, -0.25) is 4.79 Å². The maximum absolute atomic E-state index is 13.5. The third-order valence-corrected chi connectivity index (χ3v) is 7.58. The summed E-state index contributed by atoms with van der Waals surface area (Å²) in [6, 6.07) is 8.26. The first kappa shape index (κ1) is 21.2. The first-order valence-electron chi connectivity index (χ1n) is 11.8. The predicted molar refractivity (Wildman–Crippen MR) is 122 cm³/mol. The van der Waals surface area contributed by atoms with E-state index in [9.17, 15) is 9.90 Å². The Morgan fingerprint density at radius 2 is 1.75 bits per heavy atom. The summed E-state index contributed by atoms with van der Waals surface area (Å²) < 4.78 is 5.13. The first-order chi connectivity index (χ1) is 15.6. The second-order valence-corrected chi connectivity index (χ2v) is 9.51. The summed E-state index contributed by atoms with van der Waals surface area (Å²) in [7, 11) is 1.61. The van der Waals surface area contributed by atoms with Crippen LogP contribution in [0.25, 0.3) is 11.1 Å². The molecule has 2 saturated heterocycles. The number of amides is 1. The van der Waals surface area contributed by atoms with E-state index in [1.165, 1.54) is 0 Å². The van der Waals surface area contributed by atoms with Crippen molar-refractivity contribution in [3.63, 3.8) is 0 Å². The van der Waals surface area contributed by atoms with Crippen LogP contribution in [0.1, 0.15) is 44.9 Å². The fourth-order valence-corrected chi connectivity index (χ4v) is 5.69. The number of rotatable bonds is 4. The Morgan fingerprint density at radius 1 is 1.00 bits per heavy atom. The number of anilines is 1. The number of piperidine rings is 1. The molecule has 5 rings (SSSR count). The van der Waals surface area contributed by atoms with Crippen LogP contribution in [0.5, 0.6) is 5.88 Å². The largest absolute Gasteiger partial charge is 0.481 e. The molecule has 1 spiro atoms. The number of nitrogens with zero attached hydrogens (tertiary/aromatic N) is 4. The maximum Gasteiger partial charge on any atom is 0.230 e. The number of aliphatic hydroxyl groups is 1. The molecule has 1 atom stereocenters. The molecule has 3 aliphatic rings. The predicted octanol–water partition coefficient (Wildman–Crippen LogP) is 3.27. The lowest BCUT2D eigenvalue weighted by Gasteiger charge is -2.41. The summed E-state index contributed by atoms with van der Waals surface area (Å²) in [5.74, 6) is 1.85. The Morgan fingerprint density at radius 3 is 2.41 bits per heavy atom.